The molecule has 1 rings (SSSR count). The summed E-state index contributed by atoms with van der Waals surface area (Å²) in [7, 11) is 0. The van der Waals surface area contributed by atoms with Crippen molar-refractivity contribution in [1.82, 2.24) is 0 Å². The first-order valence-electron chi connectivity index (χ1n) is 4.85. The van der Waals surface area contributed by atoms with Crippen molar-refractivity contribution in [3.8, 4) is 6.07 Å². The van der Waals surface area contributed by atoms with Crippen LogP contribution in [0.4, 0.5) is 14.5 Å². The minimum absolute atomic E-state index is 0.0592. The van der Waals surface area contributed by atoms with Gasteiger partial charge in [-0.2, -0.15) is 5.26 Å². The molecular weight excluding hydrogens is 214 g/mol. The Morgan fingerprint density at radius 1 is 1.44 bits per heavy atom. The number of anilines is 1. The van der Waals surface area contributed by atoms with Crippen molar-refractivity contribution in [2.75, 3.05) is 11.9 Å². The van der Waals surface area contributed by atoms with E-state index >= 15 is 0 Å². The van der Waals surface area contributed by atoms with Crippen LogP contribution in [-0.2, 0) is 0 Å². The third kappa shape index (κ3) is 3.17. The van der Waals surface area contributed by atoms with Crippen LogP contribution < -0.4 is 5.32 Å². The van der Waals surface area contributed by atoms with Crippen LogP contribution >= 0.6 is 0 Å². The number of rotatable bonds is 4. The van der Waals surface area contributed by atoms with Gasteiger partial charge in [0.25, 0.3) is 0 Å². The van der Waals surface area contributed by atoms with Gasteiger partial charge in [-0.3, -0.25) is 0 Å². The molecule has 3 nitrogen and oxygen atoms in total. The zero-order valence-electron chi connectivity index (χ0n) is 8.80. The van der Waals surface area contributed by atoms with Crippen LogP contribution in [0.3, 0.4) is 0 Å². The summed E-state index contributed by atoms with van der Waals surface area (Å²) in [6.07, 6.45) is -0.143. The van der Waals surface area contributed by atoms with Crippen LogP contribution in [0.2, 0.25) is 0 Å². The first kappa shape index (κ1) is 12.4. The van der Waals surface area contributed by atoms with E-state index in [1.54, 1.807) is 13.0 Å². The first-order valence-corrected chi connectivity index (χ1v) is 4.85. The molecule has 0 spiro atoms. The lowest BCUT2D eigenvalue weighted by molar-refractivity contribution is 0.188. The van der Waals surface area contributed by atoms with Gasteiger partial charge in [0.1, 0.15) is 5.69 Å². The molecule has 0 aliphatic carbocycles. The summed E-state index contributed by atoms with van der Waals surface area (Å²) in [6, 6.07) is 3.59. The van der Waals surface area contributed by atoms with E-state index in [1.165, 1.54) is 0 Å². The summed E-state index contributed by atoms with van der Waals surface area (Å²) >= 11 is 0. The average Bonchev–Trinajstić information content (AvgIpc) is 2.21. The second-order valence-electron chi connectivity index (χ2n) is 3.49. The van der Waals surface area contributed by atoms with Crippen molar-refractivity contribution < 1.29 is 13.9 Å². The van der Waals surface area contributed by atoms with Gasteiger partial charge in [0.05, 0.1) is 17.7 Å². The molecule has 0 saturated heterocycles. The van der Waals surface area contributed by atoms with Gasteiger partial charge in [-0.05, 0) is 25.5 Å². The number of aliphatic hydroxyl groups is 1. The quantitative estimate of drug-likeness (QED) is 0.825. The van der Waals surface area contributed by atoms with Crippen LogP contribution in [-0.4, -0.2) is 17.8 Å². The van der Waals surface area contributed by atoms with Crippen LogP contribution in [0.25, 0.3) is 0 Å². The molecule has 0 aromatic heterocycles. The van der Waals surface area contributed by atoms with Gasteiger partial charge in [0.2, 0.25) is 0 Å². The van der Waals surface area contributed by atoms with E-state index in [-0.39, 0.29) is 17.8 Å². The van der Waals surface area contributed by atoms with E-state index in [9.17, 15) is 8.78 Å². The Bertz CT molecular complexity index is 390. The molecule has 86 valence electrons. The fourth-order valence-corrected chi connectivity index (χ4v) is 1.21. The number of nitrogens with zero attached hydrogens (tertiary/aromatic N) is 1. The molecule has 0 heterocycles. The lowest BCUT2D eigenvalue weighted by atomic mass is 10.2. The van der Waals surface area contributed by atoms with Crippen molar-refractivity contribution in [3.05, 3.63) is 29.3 Å². The highest BCUT2D eigenvalue weighted by atomic mass is 19.1. The highest BCUT2D eigenvalue weighted by Crippen LogP contribution is 2.20. The van der Waals surface area contributed by atoms with E-state index in [1.807, 2.05) is 0 Å². The number of hydrogen-bond acceptors (Lipinski definition) is 3. The molecule has 0 fully saturated rings. The maximum atomic E-state index is 13.3. The maximum absolute atomic E-state index is 13.3. The van der Waals surface area contributed by atoms with Gasteiger partial charge in [-0.25, -0.2) is 8.78 Å². The number of halogens is 2. The molecule has 0 aliphatic rings. The normalized spacial score (nSPS) is 11.9. The maximum Gasteiger partial charge on any atom is 0.150 e. The summed E-state index contributed by atoms with van der Waals surface area (Å²) in [5.74, 6) is -1.61. The second kappa shape index (κ2) is 5.42. The van der Waals surface area contributed by atoms with Gasteiger partial charge in [-0.1, -0.05) is 0 Å². The fraction of sp³-hybridized carbons (Fsp3) is 0.364. The Hall–Kier alpha value is -1.67. The minimum atomic E-state index is -0.804. The number of hydrogen-bond donors (Lipinski definition) is 2. The third-order valence-corrected chi connectivity index (χ3v) is 2.04. The number of nitriles is 1. The van der Waals surface area contributed by atoms with Gasteiger partial charge >= 0.3 is 0 Å². The number of aliphatic hydroxyl groups excluding tert-OH is 1. The summed E-state index contributed by atoms with van der Waals surface area (Å²) in [4.78, 5) is 0. The van der Waals surface area contributed by atoms with E-state index in [4.69, 9.17) is 10.4 Å². The molecule has 5 heteroatoms. The molecular formula is C11H12F2N2O. The van der Waals surface area contributed by atoms with Crippen LogP contribution in [0.5, 0.6) is 0 Å². The molecule has 1 atom stereocenters. The smallest absolute Gasteiger partial charge is 0.150 e. The van der Waals surface area contributed by atoms with Gasteiger partial charge in [0, 0.05) is 6.54 Å². The minimum Gasteiger partial charge on any atom is -0.393 e. The Balaban J connectivity index is 2.77. The molecule has 0 saturated carbocycles. The van der Waals surface area contributed by atoms with Crippen molar-refractivity contribution in [1.29, 1.82) is 5.26 Å². The molecule has 2 N–H and O–H groups in total. The predicted molar refractivity (Wildman–Crippen MR) is 55.9 cm³/mol. The SMILES string of the molecule is CC(O)CCNc1c(F)cc(C#N)cc1F. The highest BCUT2D eigenvalue weighted by Gasteiger charge is 2.10. The molecule has 0 aliphatic heterocycles. The number of nitrogens with one attached hydrogen (secondary N) is 1. The zero-order valence-corrected chi connectivity index (χ0v) is 8.80. The summed E-state index contributed by atoms with van der Waals surface area (Å²) in [5, 5.41) is 20.0. The monoisotopic (exact) mass is 226 g/mol. The van der Waals surface area contributed by atoms with Crippen LogP contribution in [0.1, 0.15) is 18.9 Å². The number of benzene rings is 1. The van der Waals surface area contributed by atoms with E-state index in [0.29, 0.717) is 6.42 Å². The molecule has 0 radical (unpaired) electrons. The van der Waals surface area contributed by atoms with Gasteiger partial charge in [0.15, 0.2) is 11.6 Å². The molecule has 1 aromatic carbocycles. The molecule has 0 amide bonds. The molecule has 1 unspecified atom stereocenters. The van der Waals surface area contributed by atoms with E-state index < -0.39 is 17.7 Å². The summed E-state index contributed by atoms with van der Waals surface area (Å²) in [5.41, 5.74) is -0.323. The Kier molecular flexibility index (Phi) is 4.20. The first-order chi connectivity index (χ1) is 7.54. The average molecular weight is 226 g/mol. The van der Waals surface area contributed by atoms with Crippen molar-refractivity contribution in [3.63, 3.8) is 0 Å². The van der Waals surface area contributed by atoms with Crippen LogP contribution in [0, 0.1) is 23.0 Å². The Labute approximate surface area is 92.3 Å². The standard InChI is InChI=1S/C11H12F2N2O/c1-7(16)2-3-15-11-9(12)4-8(6-14)5-10(11)13/h4-5,7,15-16H,2-3H2,1H3. The molecule has 1 aromatic rings. The van der Waals surface area contributed by atoms with E-state index in [0.717, 1.165) is 12.1 Å². The summed E-state index contributed by atoms with van der Waals surface area (Å²) < 4.78 is 26.6. The topological polar surface area (TPSA) is 56.0 Å². The van der Waals surface area contributed by atoms with Gasteiger partial charge < -0.3 is 10.4 Å². The molecule has 0 bridgehead atoms. The largest absolute Gasteiger partial charge is 0.393 e. The summed E-state index contributed by atoms with van der Waals surface area (Å²) in [6.45, 7) is 1.85. The van der Waals surface area contributed by atoms with Crippen molar-refractivity contribution in [2.45, 2.75) is 19.4 Å². The lowest BCUT2D eigenvalue weighted by Gasteiger charge is -2.10. The van der Waals surface area contributed by atoms with E-state index in [2.05, 4.69) is 5.32 Å². The highest BCUT2D eigenvalue weighted by molar-refractivity contribution is 5.50. The van der Waals surface area contributed by atoms with Gasteiger partial charge in [-0.15, -0.1) is 0 Å². The Morgan fingerprint density at radius 3 is 2.44 bits per heavy atom. The zero-order chi connectivity index (χ0) is 12.1. The lowest BCUT2D eigenvalue weighted by Crippen LogP contribution is -2.11. The van der Waals surface area contributed by atoms with Crippen molar-refractivity contribution in [2.24, 2.45) is 0 Å². The Morgan fingerprint density at radius 2 is 2.00 bits per heavy atom. The van der Waals surface area contributed by atoms with Crippen LogP contribution in [0.15, 0.2) is 12.1 Å². The fourth-order valence-electron chi connectivity index (χ4n) is 1.21. The van der Waals surface area contributed by atoms with Crippen molar-refractivity contribution >= 4 is 5.69 Å². The molecule has 16 heavy (non-hydrogen) atoms. The predicted octanol–water partition coefficient (Wildman–Crippen LogP) is 2.02. The third-order valence-electron chi connectivity index (χ3n) is 2.04. The second-order valence-corrected chi connectivity index (χ2v) is 3.49.